The van der Waals surface area contributed by atoms with Crippen LogP contribution >= 0.6 is 11.8 Å². The van der Waals surface area contributed by atoms with Crippen molar-refractivity contribution in [3.63, 3.8) is 0 Å². The second-order valence-corrected chi connectivity index (χ2v) is 4.28. The molecule has 0 saturated heterocycles. The number of ketones is 1. The van der Waals surface area contributed by atoms with Crippen LogP contribution in [0.25, 0.3) is 0 Å². The molecule has 1 nitrogen and oxygen atoms in total. The molecule has 0 heterocycles. The monoisotopic (exact) mass is 248 g/mol. The zero-order valence-electron chi connectivity index (χ0n) is 8.89. The van der Waals surface area contributed by atoms with E-state index in [0.717, 1.165) is 6.07 Å². The van der Waals surface area contributed by atoms with Gasteiger partial charge < -0.3 is 0 Å². The third kappa shape index (κ3) is 3.27. The number of Topliss-reactive ketones (excluding diaryl/α,β-unsaturated/α-hetero) is 1. The first-order valence-corrected chi connectivity index (χ1v) is 5.80. The Hall–Kier alpha value is -0.970. The maximum Gasteiger partial charge on any atom is 0.416 e. The zero-order chi connectivity index (χ0) is 12.3. The number of halogens is 3. The van der Waals surface area contributed by atoms with Gasteiger partial charge in [-0.15, -0.1) is 11.8 Å². The molecule has 0 saturated carbocycles. The van der Waals surface area contributed by atoms with Crippen molar-refractivity contribution in [1.29, 1.82) is 0 Å². The molecule has 0 bridgehead atoms. The van der Waals surface area contributed by atoms with Crippen LogP contribution in [0, 0.1) is 0 Å². The number of benzene rings is 1. The fourth-order valence-corrected chi connectivity index (χ4v) is 1.81. The van der Waals surface area contributed by atoms with E-state index < -0.39 is 11.7 Å². The first-order chi connectivity index (χ1) is 7.34. The molecular weight excluding hydrogens is 237 g/mol. The fourth-order valence-electron chi connectivity index (χ4n) is 1.37. The van der Waals surface area contributed by atoms with Crippen LogP contribution in [0.4, 0.5) is 13.2 Å². The standard InChI is InChI=1S/C11H11F3OS/c1-7(15)5-8-3-4-9(16-2)6-10(8)11(12,13)14/h3-4,6H,5H2,1-2H3. The molecule has 1 aromatic rings. The summed E-state index contributed by atoms with van der Waals surface area (Å²) < 4.78 is 38.1. The largest absolute Gasteiger partial charge is 0.416 e. The number of carbonyl (C=O) groups excluding carboxylic acids is 1. The van der Waals surface area contributed by atoms with Gasteiger partial charge in [0.1, 0.15) is 5.78 Å². The highest BCUT2D eigenvalue weighted by molar-refractivity contribution is 7.98. The smallest absolute Gasteiger partial charge is 0.300 e. The molecule has 1 rings (SSSR count). The molecule has 1 aromatic carbocycles. The van der Waals surface area contributed by atoms with Gasteiger partial charge >= 0.3 is 6.18 Å². The van der Waals surface area contributed by atoms with Crippen LogP contribution in [0.2, 0.25) is 0 Å². The topological polar surface area (TPSA) is 17.1 Å². The first-order valence-electron chi connectivity index (χ1n) is 4.58. The van der Waals surface area contributed by atoms with E-state index in [9.17, 15) is 18.0 Å². The number of alkyl halides is 3. The summed E-state index contributed by atoms with van der Waals surface area (Å²) >= 11 is 1.24. The Kier molecular flexibility index (Phi) is 4.02. The second-order valence-electron chi connectivity index (χ2n) is 3.40. The average Bonchev–Trinajstić information content (AvgIpc) is 2.15. The van der Waals surface area contributed by atoms with E-state index in [2.05, 4.69) is 0 Å². The summed E-state index contributed by atoms with van der Waals surface area (Å²) in [6.07, 6.45) is -2.87. The summed E-state index contributed by atoms with van der Waals surface area (Å²) in [6, 6.07) is 4.05. The van der Waals surface area contributed by atoms with Crippen LogP contribution in [0.15, 0.2) is 23.1 Å². The number of rotatable bonds is 3. The van der Waals surface area contributed by atoms with E-state index in [1.165, 1.54) is 24.8 Å². The Morgan fingerprint density at radius 1 is 1.38 bits per heavy atom. The van der Waals surface area contributed by atoms with E-state index in [1.807, 2.05) is 0 Å². The molecule has 0 amide bonds. The molecule has 5 heteroatoms. The predicted molar refractivity (Wildman–Crippen MR) is 57.6 cm³/mol. The molecule has 0 spiro atoms. The van der Waals surface area contributed by atoms with Crippen molar-refractivity contribution in [3.8, 4) is 0 Å². The van der Waals surface area contributed by atoms with Gasteiger partial charge in [0.25, 0.3) is 0 Å². The minimum Gasteiger partial charge on any atom is -0.300 e. The average molecular weight is 248 g/mol. The van der Waals surface area contributed by atoms with Crippen molar-refractivity contribution in [3.05, 3.63) is 29.3 Å². The van der Waals surface area contributed by atoms with Gasteiger partial charge in [0, 0.05) is 11.3 Å². The molecule has 88 valence electrons. The molecule has 0 aromatic heterocycles. The molecule has 0 N–H and O–H groups in total. The van der Waals surface area contributed by atoms with Gasteiger partial charge in [-0.2, -0.15) is 13.2 Å². The summed E-state index contributed by atoms with van der Waals surface area (Å²) in [6.45, 7) is 1.28. The lowest BCUT2D eigenvalue weighted by Gasteiger charge is -2.13. The Morgan fingerprint density at radius 3 is 2.44 bits per heavy atom. The molecule has 0 aliphatic rings. The summed E-state index contributed by atoms with van der Waals surface area (Å²) in [5.74, 6) is -0.276. The number of carbonyl (C=O) groups is 1. The molecule has 0 fully saturated rings. The van der Waals surface area contributed by atoms with E-state index in [-0.39, 0.29) is 17.8 Å². The molecule has 0 aliphatic heterocycles. The van der Waals surface area contributed by atoms with Gasteiger partial charge in [-0.3, -0.25) is 4.79 Å². The number of thioether (sulfide) groups is 1. The lowest BCUT2D eigenvalue weighted by atomic mass is 10.0. The minimum absolute atomic E-state index is 0.0396. The van der Waals surface area contributed by atoms with E-state index >= 15 is 0 Å². The number of hydrogen-bond donors (Lipinski definition) is 0. The highest BCUT2D eigenvalue weighted by Crippen LogP contribution is 2.34. The molecule has 0 aliphatic carbocycles. The van der Waals surface area contributed by atoms with Gasteiger partial charge in [-0.25, -0.2) is 0 Å². The summed E-state index contributed by atoms with van der Waals surface area (Å²) in [4.78, 5) is 11.4. The van der Waals surface area contributed by atoms with E-state index in [1.54, 1.807) is 12.3 Å². The summed E-state index contributed by atoms with van der Waals surface area (Å²) in [5, 5.41) is 0. The second kappa shape index (κ2) is 4.91. The van der Waals surface area contributed by atoms with E-state index in [0.29, 0.717) is 4.90 Å². The lowest BCUT2D eigenvalue weighted by molar-refractivity contribution is -0.138. The third-order valence-electron chi connectivity index (χ3n) is 2.06. The SMILES string of the molecule is CSc1ccc(CC(C)=O)c(C(F)(F)F)c1. The summed E-state index contributed by atoms with van der Waals surface area (Å²) in [5.41, 5.74) is -0.674. The van der Waals surface area contributed by atoms with Crippen molar-refractivity contribution in [2.24, 2.45) is 0 Å². The quantitative estimate of drug-likeness (QED) is 0.761. The summed E-state index contributed by atoms with van der Waals surface area (Å²) in [7, 11) is 0. The van der Waals surface area contributed by atoms with Crippen molar-refractivity contribution < 1.29 is 18.0 Å². The number of hydrogen-bond acceptors (Lipinski definition) is 2. The highest BCUT2D eigenvalue weighted by atomic mass is 32.2. The van der Waals surface area contributed by atoms with Crippen LogP contribution in [-0.2, 0) is 17.4 Å². The van der Waals surface area contributed by atoms with Gasteiger partial charge in [-0.05, 0) is 30.9 Å². The van der Waals surface area contributed by atoms with Crippen molar-refractivity contribution >= 4 is 17.5 Å². The molecular formula is C11H11F3OS. The molecule has 0 unspecified atom stereocenters. The van der Waals surface area contributed by atoms with Crippen molar-refractivity contribution in [1.82, 2.24) is 0 Å². The lowest BCUT2D eigenvalue weighted by Crippen LogP contribution is -2.11. The van der Waals surface area contributed by atoms with Crippen LogP contribution in [0.5, 0.6) is 0 Å². The van der Waals surface area contributed by atoms with Crippen LogP contribution < -0.4 is 0 Å². The molecule has 0 radical (unpaired) electrons. The zero-order valence-corrected chi connectivity index (χ0v) is 9.71. The van der Waals surface area contributed by atoms with Gasteiger partial charge in [0.15, 0.2) is 0 Å². The van der Waals surface area contributed by atoms with Crippen LogP contribution in [-0.4, -0.2) is 12.0 Å². The Labute approximate surface area is 96.0 Å². The Morgan fingerprint density at radius 2 is 2.00 bits per heavy atom. The van der Waals surface area contributed by atoms with Crippen LogP contribution in [0.3, 0.4) is 0 Å². The molecule has 16 heavy (non-hydrogen) atoms. The predicted octanol–water partition coefficient (Wildman–Crippen LogP) is 3.56. The Bertz CT molecular complexity index is 399. The van der Waals surface area contributed by atoms with E-state index in [4.69, 9.17) is 0 Å². The third-order valence-corrected chi connectivity index (χ3v) is 2.79. The minimum atomic E-state index is -4.41. The van der Waals surface area contributed by atoms with Crippen molar-refractivity contribution in [2.75, 3.05) is 6.26 Å². The first kappa shape index (κ1) is 13.1. The van der Waals surface area contributed by atoms with Crippen molar-refractivity contribution in [2.45, 2.75) is 24.4 Å². The maximum absolute atomic E-state index is 12.7. The van der Waals surface area contributed by atoms with Gasteiger partial charge in [-0.1, -0.05) is 6.07 Å². The normalized spacial score (nSPS) is 11.6. The van der Waals surface area contributed by atoms with Crippen LogP contribution in [0.1, 0.15) is 18.1 Å². The van der Waals surface area contributed by atoms with Gasteiger partial charge in [0.05, 0.1) is 5.56 Å². The highest BCUT2D eigenvalue weighted by Gasteiger charge is 2.33. The maximum atomic E-state index is 12.7. The Balaban J connectivity index is 3.22. The molecule has 0 atom stereocenters. The van der Waals surface area contributed by atoms with Gasteiger partial charge in [0.2, 0.25) is 0 Å². The fraction of sp³-hybridized carbons (Fsp3) is 0.364.